The molecule has 4 fully saturated rings. The van der Waals surface area contributed by atoms with Gasteiger partial charge in [0.2, 0.25) is 0 Å². The molecule has 0 bridgehead atoms. The van der Waals surface area contributed by atoms with Gasteiger partial charge in [-0.15, -0.1) is 6.42 Å². The number of rotatable bonds is 6. The van der Waals surface area contributed by atoms with Crippen LogP contribution < -0.4 is 0 Å². The second-order valence-electron chi connectivity index (χ2n) is 11.3. The highest BCUT2D eigenvalue weighted by molar-refractivity contribution is 5.91. The molecule has 0 saturated heterocycles. The van der Waals surface area contributed by atoms with Crippen molar-refractivity contribution in [1.82, 2.24) is 0 Å². The molecule has 0 spiro atoms. The van der Waals surface area contributed by atoms with E-state index >= 15 is 0 Å². The number of terminal acetylenes is 1. The van der Waals surface area contributed by atoms with Crippen molar-refractivity contribution in [3.8, 4) is 12.3 Å². The van der Waals surface area contributed by atoms with E-state index in [4.69, 9.17) is 11.2 Å². The van der Waals surface area contributed by atoms with Crippen molar-refractivity contribution >= 4 is 11.8 Å². The number of ether oxygens (including phenoxy) is 1. The highest BCUT2D eigenvalue weighted by Gasteiger charge is 2.77. The minimum Gasteiger partial charge on any atom is -0.445 e. The van der Waals surface area contributed by atoms with Gasteiger partial charge in [-0.05, 0) is 80.6 Å². The van der Waals surface area contributed by atoms with Crippen LogP contribution in [0, 0.1) is 53.3 Å². The highest BCUT2D eigenvalue weighted by atomic mass is 16.6. The number of hydrogen-bond donors (Lipinski definition) is 0. The minimum absolute atomic E-state index is 0.0802. The van der Waals surface area contributed by atoms with Crippen molar-refractivity contribution in [3.63, 3.8) is 0 Å². The van der Waals surface area contributed by atoms with E-state index in [-0.39, 0.29) is 11.4 Å². The molecular weight excluding hydrogens is 384 g/mol. The molecule has 5 rings (SSSR count). The number of carbonyl (C=O) groups is 2. The van der Waals surface area contributed by atoms with Crippen LogP contribution in [0.2, 0.25) is 0 Å². The van der Waals surface area contributed by atoms with Crippen LogP contribution in [0.25, 0.3) is 0 Å². The molecule has 3 nitrogen and oxygen atoms in total. The average Bonchev–Trinajstić information content (AvgIpc) is 3.51. The quantitative estimate of drug-likeness (QED) is 0.305. The Labute approximate surface area is 187 Å². The first-order valence-corrected chi connectivity index (χ1v) is 12.9. The first kappa shape index (κ1) is 21.3. The molecule has 0 aliphatic heterocycles. The van der Waals surface area contributed by atoms with E-state index < -0.39 is 5.60 Å². The van der Waals surface area contributed by atoms with Gasteiger partial charge in [-0.1, -0.05) is 44.6 Å². The summed E-state index contributed by atoms with van der Waals surface area (Å²) in [7, 11) is 0. The molecule has 31 heavy (non-hydrogen) atoms. The predicted molar refractivity (Wildman–Crippen MR) is 121 cm³/mol. The van der Waals surface area contributed by atoms with Crippen molar-refractivity contribution < 1.29 is 14.3 Å². The summed E-state index contributed by atoms with van der Waals surface area (Å²) < 4.78 is 6.32. The summed E-state index contributed by atoms with van der Waals surface area (Å²) >= 11 is 0. The largest absolute Gasteiger partial charge is 0.445 e. The first-order valence-electron chi connectivity index (χ1n) is 12.9. The van der Waals surface area contributed by atoms with Gasteiger partial charge in [0.25, 0.3) is 0 Å². The summed E-state index contributed by atoms with van der Waals surface area (Å²) in [6.45, 7) is 4.53. The van der Waals surface area contributed by atoms with Gasteiger partial charge in [0, 0.05) is 24.2 Å². The van der Waals surface area contributed by atoms with E-state index in [0.717, 1.165) is 51.4 Å². The third-order valence-corrected chi connectivity index (χ3v) is 9.95. The maximum Gasteiger partial charge on any atom is 0.307 e. The number of fused-ring (bicyclic) bond motifs is 7. The molecule has 4 saturated carbocycles. The van der Waals surface area contributed by atoms with E-state index in [0.29, 0.717) is 47.7 Å². The zero-order chi connectivity index (χ0) is 21.8. The lowest BCUT2D eigenvalue weighted by Gasteiger charge is -2.56. The highest BCUT2D eigenvalue weighted by Crippen LogP contribution is 2.76. The maximum atomic E-state index is 12.9. The fourth-order valence-electron chi connectivity index (χ4n) is 8.57. The molecular formula is C28H38O3. The number of hydrogen-bond acceptors (Lipinski definition) is 3. The Hall–Kier alpha value is -1.56. The van der Waals surface area contributed by atoms with Crippen LogP contribution in [0.4, 0.5) is 0 Å². The maximum absolute atomic E-state index is 12.9. The Kier molecular flexibility index (Phi) is 5.35. The lowest BCUT2D eigenvalue weighted by atomic mass is 9.49. The van der Waals surface area contributed by atoms with Gasteiger partial charge in [-0.3, -0.25) is 9.59 Å². The van der Waals surface area contributed by atoms with E-state index in [1.165, 1.54) is 24.8 Å². The Bertz CT molecular complexity index is 834. The van der Waals surface area contributed by atoms with E-state index in [1.54, 1.807) is 0 Å². The normalized spacial score (nSPS) is 44.8. The molecule has 5 aliphatic rings. The van der Waals surface area contributed by atoms with Crippen LogP contribution >= 0.6 is 0 Å². The molecule has 3 heteroatoms. The summed E-state index contributed by atoms with van der Waals surface area (Å²) in [6, 6.07) is 0. The monoisotopic (exact) mass is 422 g/mol. The standard InChI is InChI=1S/C28H38O3/c1-4-6-7-8-9-25(30)31-28(5-2)24-17-23(24)26-22-12-10-18-16-19(29)11-13-20(18)21(22)14-15-27(26,28)3/h2,16,20-24,26H,4,6-15,17H2,1,3H3/t20-,21+,22+,23-,24+,26+,27-,28-/m0/s1. The van der Waals surface area contributed by atoms with Crippen LogP contribution in [-0.2, 0) is 14.3 Å². The smallest absolute Gasteiger partial charge is 0.307 e. The van der Waals surface area contributed by atoms with Crippen molar-refractivity contribution in [2.75, 3.05) is 0 Å². The van der Waals surface area contributed by atoms with Crippen LogP contribution in [0.5, 0.6) is 0 Å². The van der Waals surface area contributed by atoms with Gasteiger partial charge in [0.1, 0.15) is 0 Å². The fourth-order valence-corrected chi connectivity index (χ4v) is 8.57. The van der Waals surface area contributed by atoms with Gasteiger partial charge in [-0.25, -0.2) is 0 Å². The van der Waals surface area contributed by atoms with Crippen molar-refractivity contribution in [3.05, 3.63) is 11.6 Å². The second kappa shape index (κ2) is 7.79. The molecule has 0 aromatic heterocycles. The Morgan fingerprint density at radius 3 is 2.77 bits per heavy atom. The number of allylic oxidation sites excluding steroid dienone is 1. The molecule has 0 amide bonds. The molecule has 168 valence electrons. The lowest BCUT2D eigenvalue weighted by molar-refractivity contribution is -0.176. The molecule has 0 radical (unpaired) electrons. The minimum atomic E-state index is -0.701. The first-order chi connectivity index (χ1) is 14.9. The average molecular weight is 423 g/mol. The van der Waals surface area contributed by atoms with Crippen molar-refractivity contribution in [1.29, 1.82) is 0 Å². The van der Waals surface area contributed by atoms with Crippen LogP contribution in [-0.4, -0.2) is 17.4 Å². The summed E-state index contributed by atoms with van der Waals surface area (Å²) in [6.07, 6.45) is 20.4. The van der Waals surface area contributed by atoms with Crippen LogP contribution in [0.3, 0.4) is 0 Å². The second-order valence-corrected chi connectivity index (χ2v) is 11.3. The van der Waals surface area contributed by atoms with Gasteiger partial charge >= 0.3 is 5.97 Å². The van der Waals surface area contributed by atoms with Crippen LogP contribution in [0.1, 0.15) is 90.9 Å². The number of esters is 1. The number of unbranched alkanes of at least 4 members (excludes halogenated alkanes) is 3. The zero-order valence-corrected chi connectivity index (χ0v) is 19.3. The van der Waals surface area contributed by atoms with Crippen molar-refractivity contribution in [2.24, 2.45) is 40.9 Å². The Morgan fingerprint density at radius 2 is 2.00 bits per heavy atom. The number of ketones is 1. The van der Waals surface area contributed by atoms with Crippen LogP contribution in [0.15, 0.2) is 11.6 Å². The molecule has 5 aliphatic carbocycles. The Balaban J connectivity index is 1.36. The summed E-state index contributed by atoms with van der Waals surface area (Å²) in [5.41, 5.74) is 0.628. The van der Waals surface area contributed by atoms with Gasteiger partial charge in [0.15, 0.2) is 11.4 Å². The molecule has 8 atom stereocenters. The third-order valence-electron chi connectivity index (χ3n) is 9.95. The van der Waals surface area contributed by atoms with Gasteiger partial charge < -0.3 is 4.74 Å². The molecule has 0 aromatic carbocycles. The summed E-state index contributed by atoms with van der Waals surface area (Å²) in [4.78, 5) is 24.8. The summed E-state index contributed by atoms with van der Waals surface area (Å²) in [5, 5.41) is 0. The molecule has 0 unspecified atom stereocenters. The Morgan fingerprint density at radius 1 is 1.16 bits per heavy atom. The molecule has 0 heterocycles. The summed E-state index contributed by atoms with van der Waals surface area (Å²) in [5.74, 6) is 6.85. The third kappa shape index (κ3) is 3.15. The fraction of sp³-hybridized carbons (Fsp3) is 0.786. The van der Waals surface area contributed by atoms with E-state index in [2.05, 4.69) is 19.8 Å². The molecule has 0 N–H and O–H groups in total. The van der Waals surface area contributed by atoms with Crippen molar-refractivity contribution in [2.45, 2.75) is 96.5 Å². The zero-order valence-electron chi connectivity index (χ0n) is 19.3. The lowest BCUT2D eigenvalue weighted by Crippen LogP contribution is -2.56. The predicted octanol–water partition coefficient (Wildman–Crippen LogP) is 5.87. The topological polar surface area (TPSA) is 43.4 Å². The SMILES string of the molecule is C#C[C@]1(OC(=O)CCCCCC)[C@@H]2C[C@@H]2[C@H]2[C@@H]3CCC4=CC(=O)CC[C@@H]4[C@H]3CC[C@@]21C. The van der Waals surface area contributed by atoms with E-state index in [9.17, 15) is 9.59 Å². The van der Waals surface area contributed by atoms with Gasteiger partial charge in [0.05, 0.1) is 0 Å². The van der Waals surface area contributed by atoms with E-state index in [1.807, 2.05) is 6.08 Å². The van der Waals surface area contributed by atoms with Gasteiger partial charge in [-0.2, -0.15) is 0 Å². The number of carbonyl (C=O) groups excluding carboxylic acids is 2. The molecule has 0 aromatic rings.